The van der Waals surface area contributed by atoms with Crippen molar-refractivity contribution in [2.45, 2.75) is 44.8 Å². The SMILES string of the molecule is Cc1noc(CNC2CCC(N)C2)n1. The van der Waals surface area contributed by atoms with Crippen molar-refractivity contribution in [3.8, 4) is 0 Å². The number of nitrogens with two attached hydrogens (primary N) is 1. The Bertz CT molecular complexity index is 299. The number of aryl methyl sites for hydroxylation is 1. The van der Waals surface area contributed by atoms with Gasteiger partial charge in [-0.1, -0.05) is 5.16 Å². The molecule has 1 aromatic heterocycles. The van der Waals surface area contributed by atoms with Crippen molar-refractivity contribution in [1.82, 2.24) is 15.5 Å². The van der Waals surface area contributed by atoms with E-state index in [1.54, 1.807) is 0 Å². The monoisotopic (exact) mass is 196 g/mol. The van der Waals surface area contributed by atoms with E-state index in [4.69, 9.17) is 10.3 Å². The molecule has 1 aliphatic carbocycles. The summed E-state index contributed by atoms with van der Waals surface area (Å²) >= 11 is 0. The van der Waals surface area contributed by atoms with E-state index < -0.39 is 0 Å². The minimum Gasteiger partial charge on any atom is -0.338 e. The summed E-state index contributed by atoms with van der Waals surface area (Å²) in [6, 6.07) is 0.870. The zero-order valence-electron chi connectivity index (χ0n) is 8.36. The molecule has 0 aliphatic heterocycles. The Labute approximate surface area is 83.1 Å². The summed E-state index contributed by atoms with van der Waals surface area (Å²) in [5.41, 5.74) is 5.81. The molecule has 0 amide bonds. The van der Waals surface area contributed by atoms with Crippen LogP contribution in [0, 0.1) is 6.92 Å². The highest BCUT2D eigenvalue weighted by molar-refractivity contribution is 4.86. The molecule has 0 aromatic carbocycles. The van der Waals surface area contributed by atoms with Crippen LogP contribution in [0.4, 0.5) is 0 Å². The average molecular weight is 196 g/mol. The van der Waals surface area contributed by atoms with Crippen LogP contribution in [0.15, 0.2) is 4.52 Å². The first kappa shape index (κ1) is 9.61. The maximum Gasteiger partial charge on any atom is 0.240 e. The molecule has 1 heterocycles. The molecule has 1 saturated carbocycles. The molecule has 5 heteroatoms. The molecule has 0 radical (unpaired) electrons. The smallest absolute Gasteiger partial charge is 0.240 e. The van der Waals surface area contributed by atoms with Gasteiger partial charge in [0.1, 0.15) is 0 Å². The summed E-state index contributed by atoms with van der Waals surface area (Å²) in [5, 5.41) is 7.09. The van der Waals surface area contributed by atoms with Crippen LogP contribution in [0.5, 0.6) is 0 Å². The van der Waals surface area contributed by atoms with Crippen molar-refractivity contribution in [3.63, 3.8) is 0 Å². The first-order valence-electron chi connectivity index (χ1n) is 5.02. The van der Waals surface area contributed by atoms with Gasteiger partial charge in [-0.2, -0.15) is 4.98 Å². The number of hydrogen-bond donors (Lipinski definition) is 2. The van der Waals surface area contributed by atoms with Crippen molar-refractivity contribution >= 4 is 0 Å². The molecule has 0 spiro atoms. The molecule has 0 saturated heterocycles. The lowest BCUT2D eigenvalue weighted by Crippen LogP contribution is -2.28. The molecule has 14 heavy (non-hydrogen) atoms. The topological polar surface area (TPSA) is 77.0 Å². The van der Waals surface area contributed by atoms with Gasteiger partial charge in [0.2, 0.25) is 5.89 Å². The second-order valence-electron chi connectivity index (χ2n) is 3.89. The van der Waals surface area contributed by atoms with Crippen LogP contribution in [-0.2, 0) is 6.54 Å². The molecular formula is C9H16N4O. The number of hydrogen-bond acceptors (Lipinski definition) is 5. The number of nitrogens with one attached hydrogen (secondary N) is 1. The molecule has 2 atom stereocenters. The summed E-state index contributed by atoms with van der Waals surface area (Å²) in [4.78, 5) is 4.12. The van der Waals surface area contributed by atoms with Crippen LogP contribution in [0.1, 0.15) is 31.0 Å². The van der Waals surface area contributed by atoms with E-state index >= 15 is 0 Å². The lowest BCUT2D eigenvalue weighted by Gasteiger charge is -2.09. The second-order valence-corrected chi connectivity index (χ2v) is 3.89. The predicted molar refractivity (Wildman–Crippen MR) is 51.5 cm³/mol. The molecule has 5 nitrogen and oxygen atoms in total. The van der Waals surface area contributed by atoms with E-state index in [1.807, 2.05) is 6.92 Å². The standard InChI is InChI=1S/C9H16N4O/c1-6-12-9(14-13-6)5-11-8-3-2-7(10)4-8/h7-8,11H,2-5,10H2,1H3. The largest absolute Gasteiger partial charge is 0.338 e. The number of rotatable bonds is 3. The highest BCUT2D eigenvalue weighted by Crippen LogP contribution is 2.17. The zero-order valence-corrected chi connectivity index (χ0v) is 8.36. The quantitative estimate of drug-likeness (QED) is 0.729. The molecule has 3 N–H and O–H groups in total. The average Bonchev–Trinajstić information content (AvgIpc) is 2.72. The minimum absolute atomic E-state index is 0.358. The van der Waals surface area contributed by atoms with E-state index in [0.717, 1.165) is 19.3 Å². The van der Waals surface area contributed by atoms with Crippen LogP contribution in [0.3, 0.4) is 0 Å². The Kier molecular flexibility index (Phi) is 2.79. The zero-order chi connectivity index (χ0) is 9.97. The summed E-state index contributed by atoms with van der Waals surface area (Å²) < 4.78 is 5.00. The van der Waals surface area contributed by atoms with Gasteiger partial charge in [0.25, 0.3) is 0 Å². The molecule has 2 unspecified atom stereocenters. The summed E-state index contributed by atoms with van der Waals surface area (Å²) in [6.07, 6.45) is 3.31. The van der Waals surface area contributed by atoms with Gasteiger partial charge in [0, 0.05) is 12.1 Å². The highest BCUT2D eigenvalue weighted by atomic mass is 16.5. The van der Waals surface area contributed by atoms with Gasteiger partial charge in [-0.25, -0.2) is 0 Å². The van der Waals surface area contributed by atoms with Crippen molar-refractivity contribution in [2.24, 2.45) is 5.73 Å². The van der Waals surface area contributed by atoms with E-state index in [1.165, 1.54) is 0 Å². The predicted octanol–water partition coefficient (Wildman–Crippen LogP) is 0.347. The lowest BCUT2D eigenvalue weighted by molar-refractivity contribution is 0.354. The van der Waals surface area contributed by atoms with Gasteiger partial charge in [-0.15, -0.1) is 0 Å². The van der Waals surface area contributed by atoms with Crippen molar-refractivity contribution < 1.29 is 4.52 Å². The Hall–Kier alpha value is -0.940. The summed E-state index contributed by atoms with van der Waals surface area (Å²) in [7, 11) is 0. The molecule has 78 valence electrons. The molecular weight excluding hydrogens is 180 g/mol. The Morgan fingerprint density at radius 1 is 1.57 bits per heavy atom. The first-order valence-corrected chi connectivity index (χ1v) is 5.02. The maximum absolute atomic E-state index is 5.81. The maximum atomic E-state index is 5.81. The Balaban J connectivity index is 1.77. The highest BCUT2D eigenvalue weighted by Gasteiger charge is 2.21. The molecule has 2 rings (SSSR count). The fraction of sp³-hybridized carbons (Fsp3) is 0.778. The summed E-state index contributed by atoms with van der Waals surface area (Å²) in [5.74, 6) is 1.34. The van der Waals surface area contributed by atoms with Crippen molar-refractivity contribution in [2.75, 3.05) is 0 Å². The van der Waals surface area contributed by atoms with E-state index in [0.29, 0.717) is 30.3 Å². The third-order valence-corrected chi connectivity index (χ3v) is 2.58. The molecule has 0 bridgehead atoms. The normalized spacial score (nSPS) is 27.0. The Morgan fingerprint density at radius 2 is 2.43 bits per heavy atom. The number of nitrogens with zero attached hydrogens (tertiary/aromatic N) is 2. The van der Waals surface area contributed by atoms with Crippen LogP contribution in [0.2, 0.25) is 0 Å². The summed E-state index contributed by atoms with van der Waals surface area (Å²) in [6.45, 7) is 2.47. The van der Waals surface area contributed by atoms with Crippen LogP contribution >= 0.6 is 0 Å². The fourth-order valence-electron chi connectivity index (χ4n) is 1.85. The van der Waals surface area contributed by atoms with Crippen molar-refractivity contribution in [3.05, 3.63) is 11.7 Å². The van der Waals surface area contributed by atoms with Gasteiger partial charge in [0.15, 0.2) is 5.82 Å². The van der Waals surface area contributed by atoms with Crippen LogP contribution < -0.4 is 11.1 Å². The van der Waals surface area contributed by atoms with Gasteiger partial charge in [0.05, 0.1) is 6.54 Å². The van der Waals surface area contributed by atoms with Gasteiger partial charge < -0.3 is 15.6 Å². The van der Waals surface area contributed by atoms with Gasteiger partial charge >= 0.3 is 0 Å². The van der Waals surface area contributed by atoms with Gasteiger partial charge in [-0.3, -0.25) is 0 Å². The van der Waals surface area contributed by atoms with Crippen LogP contribution in [-0.4, -0.2) is 22.2 Å². The van der Waals surface area contributed by atoms with E-state index in [2.05, 4.69) is 15.5 Å². The molecule has 1 fully saturated rings. The van der Waals surface area contributed by atoms with Crippen molar-refractivity contribution in [1.29, 1.82) is 0 Å². The molecule has 1 aliphatic rings. The fourth-order valence-corrected chi connectivity index (χ4v) is 1.85. The third kappa shape index (κ3) is 2.30. The molecule has 1 aromatic rings. The minimum atomic E-state index is 0.358. The first-order chi connectivity index (χ1) is 6.74. The van der Waals surface area contributed by atoms with Crippen LogP contribution in [0.25, 0.3) is 0 Å². The van der Waals surface area contributed by atoms with E-state index in [9.17, 15) is 0 Å². The third-order valence-electron chi connectivity index (χ3n) is 2.58. The second kappa shape index (κ2) is 4.06. The number of aromatic nitrogens is 2. The van der Waals surface area contributed by atoms with E-state index in [-0.39, 0.29) is 0 Å². The van der Waals surface area contributed by atoms with Gasteiger partial charge in [-0.05, 0) is 26.2 Å². The lowest BCUT2D eigenvalue weighted by atomic mass is 10.2. The Morgan fingerprint density at radius 3 is 3.00 bits per heavy atom.